The fraction of sp³-hybridized carbons (Fsp3) is 0.100. The Bertz CT molecular complexity index is 980. The van der Waals surface area contributed by atoms with Crippen molar-refractivity contribution in [2.24, 2.45) is 0 Å². The normalized spacial score (nSPS) is 11.3. The Morgan fingerprint density at radius 3 is 2.62 bits per heavy atom. The van der Waals surface area contributed by atoms with E-state index in [0.29, 0.717) is 10.4 Å². The Balaban J connectivity index is 1.65. The van der Waals surface area contributed by atoms with Crippen LogP contribution >= 0.6 is 23.6 Å². The Hall–Kier alpha value is -2.72. The monoisotopic (exact) mass is 380 g/mol. The van der Waals surface area contributed by atoms with E-state index in [1.54, 1.807) is 12.1 Å². The predicted molar refractivity (Wildman–Crippen MR) is 109 cm³/mol. The number of hydrogen-bond donors (Lipinski definition) is 3. The van der Waals surface area contributed by atoms with Crippen molar-refractivity contribution in [2.75, 3.05) is 0 Å². The molecule has 0 unspecified atom stereocenters. The van der Waals surface area contributed by atoms with E-state index in [2.05, 4.69) is 17.2 Å². The minimum Gasteiger partial charge on any atom is -0.338 e. The van der Waals surface area contributed by atoms with Crippen molar-refractivity contribution in [2.45, 2.75) is 13.0 Å². The largest absolute Gasteiger partial charge is 0.338 e. The Morgan fingerprint density at radius 2 is 1.92 bits per heavy atom. The Kier molecular flexibility index (Phi) is 5.64. The van der Waals surface area contributed by atoms with Gasteiger partial charge in [0.2, 0.25) is 0 Å². The number of thiophene rings is 1. The third-order valence-corrected chi connectivity index (χ3v) is 5.12. The first kappa shape index (κ1) is 18.1. The molecule has 3 N–H and O–H groups in total. The first-order valence-corrected chi connectivity index (χ1v) is 9.15. The lowest BCUT2D eigenvalue weighted by Gasteiger charge is -2.06. The van der Waals surface area contributed by atoms with Gasteiger partial charge >= 0.3 is 0 Å². The number of hydrogen-bond acceptors (Lipinski definition) is 4. The molecule has 0 spiro atoms. The second kappa shape index (κ2) is 8.11. The summed E-state index contributed by atoms with van der Waals surface area (Å²) in [6.45, 7) is 1.84. The SMILES string of the molecule is C[C@@H](C#Cc1ccc(C(=S)NO)cc1)NC(=O)c1cc2ccccc2s1. The number of benzene rings is 2. The maximum Gasteiger partial charge on any atom is 0.262 e. The van der Waals surface area contributed by atoms with Crippen molar-refractivity contribution in [1.82, 2.24) is 10.8 Å². The molecule has 26 heavy (non-hydrogen) atoms. The summed E-state index contributed by atoms with van der Waals surface area (Å²) in [5.74, 6) is 5.92. The molecular formula is C20H16N2O2S2. The van der Waals surface area contributed by atoms with Crippen LogP contribution in [0, 0.1) is 11.8 Å². The topological polar surface area (TPSA) is 61.4 Å². The molecule has 0 saturated carbocycles. The highest BCUT2D eigenvalue weighted by molar-refractivity contribution is 7.80. The predicted octanol–water partition coefficient (Wildman–Crippen LogP) is 3.73. The highest BCUT2D eigenvalue weighted by Crippen LogP contribution is 2.25. The molecule has 4 nitrogen and oxygen atoms in total. The lowest BCUT2D eigenvalue weighted by atomic mass is 10.1. The average molecular weight is 380 g/mol. The van der Waals surface area contributed by atoms with E-state index in [1.165, 1.54) is 11.3 Å². The minimum atomic E-state index is -0.285. The van der Waals surface area contributed by atoms with E-state index in [-0.39, 0.29) is 16.9 Å². The van der Waals surface area contributed by atoms with Crippen molar-refractivity contribution in [1.29, 1.82) is 0 Å². The molecule has 0 radical (unpaired) electrons. The molecule has 0 fully saturated rings. The van der Waals surface area contributed by atoms with E-state index in [9.17, 15) is 4.79 Å². The van der Waals surface area contributed by atoms with Crippen molar-refractivity contribution >= 4 is 44.5 Å². The van der Waals surface area contributed by atoms with Crippen molar-refractivity contribution in [3.63, 3.8) is 0 Å². The van der Waals surface area contributed by atoms with Crippen molar-refractivity contribution in [3.05, 3.63) is 70.6 Å². The molecule has 1 heterocycles. The van der Waals surface area contributed by atoms with Gasteiger partial charge in [0.25, 0.3) is 5.91 Å². The van der Waals surface area contributed by atoms with E-state index in [1.807, 2.05) is 54.9 Å². The van der Waals surface area contributed by atoms with E-state index >= 15 is 0 Å². The first-order valence-electron chi connectivity index (χ1n) is 7.92. The van der Waals surface area contributed by atoms with Gasteiger partial charge in [0, 0.05) is 15.8 Å². The summed E-state index contributed by atoms with van der Waals surface area (Å²) in [6.07, 6.45) is 0. The van der Waals surface area contributed by atoms with Gasteiger partial charge in [-0.3, -0.25) is 15.5 Å². The zero-order valence-corrected chi connectivity index (χ0v) is 15.6. The highest BCUT2D eigenvalue weighted by Gasteiger charge is 2.11. The van der Waals surface area contributed by atoms with Crippen LogP contribution in [-0.2, 0) is 0 Å². The number of nitrogens with one attached hydrogen (secondary N) is 2. The van der Waals surface area contributed by atoms with Crippen LogP contribution < -0.4 is 10.8 Å². The summed E-state index contributed by atoms with van der Waals surface area (Å²) in [4.78, 5) is 13.3. The summed E-state index contributed by atoms with van der Waals surface area (Å²) in [5.41, 5.74) is 3.46. The summed E-state index contributed by atoms with van der Waals surface area (Å²) in [7, 11) is 0. The standard InChI is InChI=1S/C20H16N2O2S2/c1-13(6-7-14-8-10-15(11-9-14)20(25)22-24)21-19(23)18-12-16-4-2-3-5-17(16)26-18/h2-5,8-13,24H,1H3,(H,21,23)(H,22,25)/t13-/m0/s1. The van der Waals surface area contributed by atoms with Gasteiger partial charge in [-0.25, -0.2) is 0 Å². The van der Waals surface area contributed by atoms with Crippen LogP contribution in [0.25, 0.3) is 10.1 Å². The van der Waals surface area contributed by atoms with Crippen molar-refractivity contribution < 1.29 is 10.0 Å². The summed E-state index contributed by atoms with van der Waals surface area (Å²) in [6, 6.07) is 16.7. The van der Waals surface area contributed by atoms with Gasteiger partial charge in [-0.15, -0.1) is 11.3 Å². The van der Waals surface area contributed by atoms with Crippen LogP contribution in [0.3, 0.4) is 0 Å². The molecule has 130 valence electrons. The highest BCUT2D eigenvalue weighted by atomic mass is 32.1. The third-order valence-electron chi connectivity index (χ3n) is 3.68. The lowest BCUT2D eigenvalue weighted by molar-refractivity contribution is 0.0952. The number of carbonyl (C=O) groups excluding carboxylic acids is 1. The Morgan fingerprint density at radius 1 is 1.19 bits per heavy atom. The lowest BCUT2D eigenvalue weighted by Crippen LogP contribution is -2.30. The van der Waals surface area contributed by atoms with Crippen LogP contribution in [0.1, 0.15) is 27.7 Å². The maximum absolute atomic E-state index is 12.4. The van der Waals surface area contributed by atoms with E-state index < -0.39 is 0 Å². The van der Waals surface area contributed by atoms with Gasteiger partial charge in [-0.1, -0.05) is 54.4 Å². The molecule has 1 amide bonds. The van der Waals surface area contributed by atoms with Gasteiger partial charge in [0.15, 0.2) is 0 Å². The van der Waals surface area contributed by atoms with Gasteiger partial charge in [-0.05, 0) is 36.6 Å². The molecule has 6 heteroatoms. The van der Waals surface area contributed by atoms with E-state index in [4.69, 9.17) is 17.4 Å². The summed E-state index contributed by atoms with van der Waals surface area (Å²) < 4.78 is 1.09. The second-order valence-electron chi connectivity index (χ2n) is 5.63. The zero-order chi connectivity index (χ0) is 18.5. The average Bonchev–Trinajstić information content (AvgIpc) is 3.10. The van der Waals surface area contributed by atoms with Crippen LogP contribution in [0.2, 0.25) is 0 Å². The van der Waals surface area contributed by atoms with Gasteiger partial charge in [0.1, 0.15) is 4.99 Å². The number of thiocarbonyl (C=S) groups is 1. The van der Waals surface area contributed by atoms with Gasteiger partial charge < -0.3 is 5.32 Å². The number of fused-ring (bicyclic) bond motifs is 1. The number of rotatable bonds is 3. The maximum atomic E-state index is 12.4. The molecule has 2 aromatic carbocycles. The Labute approximate surface area is 160 Å². The molecule has 0 aliphatic carbocycles. The molecule has 3 aromatic rings. The first-order chi connectivity index (χ1) is 12.6. The van der Waals surface area contributed by atoms with Gasteiger partial charge in [0.05, 0.1) is 10.9 Å². The fourth-order valence-corrected chi connectivity index (χ4v) is 3.46. The van der Waals surface area contributed by atoms with Crippen LogP contribution in [0.5, 0.6) is 0 Å². The number of hydroxylamine groups is 1. The number of amides is 1. The minimum absolute atomic E-state index is 0.122. The molecule has 0 aliphatic heterocycles. The smallest absolute Gasteiger partial charge is 0.262 e. The molecule has 3 rings (SSSR count). The van der Waals surface area contributed by atoms with Crippen LogP contribution in [0.15, 0.2) is 54.6 Å². The summed E-state index contributed by atoms with van der Waals surface area (Å²) in [5, 5.41) is 12.8. The molecule has 1 aromatic heterocycles. The zero-order valence-electron chi connectivity index (χ0n) is 13.9. The molecule has 0 bridgehead atoms. The quantitative estimate of drug-likeness (QED) is 0.368. The molecular weight excluding hydrogens is 364 g/mol. The fourth-order valence-electron chi connectivity index (χ4n) is 2.36. The molecule has 0 saturated heterocycles. The number of carbonyl (C=O) groups is 1. The summed E-state index contributed by atoms with van der Waals surface area (Å²) >= 11 is 6.41. The van der Waals surface area contributed by atoms with Gasteiger partial charge in [-0.2, -0.15) is 0 Å². The van der Waals surface area contributed by atoms with Crippen LogP contribution in [-0.4, -0.2) is 22.1 Å². The van der Waals surface area contributed by atoms with Crippen LogP contribution in [0.4, 0.5) is 0 Å². The molecule has 0 aliphatic rings. The molecule has 1 atom stereocenters. The van der Waals surface area contributed by atoms with E-state index in [0.717, 1.165) is 15.6 Å². The second-order valence-corrected chi connectivity index (χ2v) is 7.12. The van der Waals surface area contributed by atoms with Crippen molar-refractivity contribution in [3.8, 4) is 11.8 Å². The third kappa shape index (κ3) is 4.27.